The van der Waals surface area contributed by atoms with Crippen molar-refractivity contribution in [3.8, 4) is 11.5 Å². The summed E-state index contributed by atoms with van der Waals surface area (Å²) in [5, 5.41) is 0. The van der Waals surface area contributed by atoms with Crippen molar-refractivity contribution in [2.24, 2.45) is 5.73 Å². The lowest BCUT2D eigenvalue weighted by molar-refractivity contribution is -0.119. The average Bonchev–Trinajstić information content (AvgIpc) is 2.64. The summed E-state index contributed by atoms with van der Waals surface area (Å²) in [6, 6.07) is 14.6. The fraction of sp³-hybridized carbons (Fsp3) is 0.300. The summed E-state index contributed by atoms with van der Waals surface area (Å²) in [4.78, 5) is 25.1. The fourth-order valence-electron chi connectivity index (χ4n) is 2.43. The topological polar surface area (TPSA) is 81.9 Å². The summed E-state index contributed by atoms with van der Waals surface area (Å²) >= 11 is 0. The van der Waals surface area contributed by atoms with E-state index in [0.717, 1.165) is 11.3 Å². The molecular weight excluding hydrogens is 332 g/mol. The van der Waals surface area contributed by atoms with Gasteiger partial charge in [-0.3, -0.25) is 9.59 Å². The first-order valence-corrected chi connectivity index (χ1v) is 8.43. The molecule has 0 saturated carbocycles. The van der Waals surface area contributed by atoms with E-state index in [1.165, 1.54) is 0 Å². The average molecular weight is 356 g/mol. The van der Waals surface area contributed by atoms with Crippen molar-refractivity contribution in [2.75, 3.05) is 26.8 Å². The smallest absolute Gasteiger partial charge is 0.257 e. The van der Waals surface area contributed by atoms with Crippen LogP contribution in [0.4, 0.5) is 0 Å². The molecule has 0 heterocycles. The maximum absolute atomic E-state index is 12.6. The number of carbonyl (C=O) groups is 2. The van der Waals surface area contributed by atoms with Crippen LogP contribution in [0.5, 0.6) is 11.5 Å². The van der Waals surface area contributed by atoms with Crippen molar-refractivity contribution in [2.45, 2.75) is 13.3 Å². The number of nitrogens with two attached hydrogens (primary N) is 1. The molecule has 2 N–H and O–H groups in total. The predicted molar refractivity (Wildman–Crippen MR) is 99.4 cm³/mol. The zero-order valence-corrected chi connectivity index (χ0v) is 15.1. The standard InChI is InChI=1S/C20H24N2O4/c1-15-8-3-5-10-17(15)25-13-7-12-22(2)20(24)16-9-4-6-11-18(16)26-14-19(21)23/h3-6,8-11H,7,12-14H2,1-2H3,(H2,21,23). The molecule has 0 saturated heterocycles. The molecule has 0 radical (unpaired) electrons. The normalized spacial score (nSPS) is 10.2. The number of hydrogen-bond donors (Lipinski definition) is 1. The van der Waals surface area contributed by atoms with Crippen molar-refractivity contribution in [1.29, 1.82) is 0 Å². The number of aryl methyl sites for hydroxylation is 1. The minimum atomic E-state index is -0.589. The Bertz CT molecular complexity index is 761. The first-order valence-electron chi connectivity index (χ1n) is 8.43. The first kappa shape index (κ1) is 19.3. The Morgan fingerprint density at radius 3 is 2.35 bits per heavy atom. The first-order chi connectivity index (χ1) is 12.5. The molecule has 0 bridgehead atoms. The Balaban J connectivity index is 1.87. The molecule has 2 rings (SSSR count). The molecule has 0 aliphatic rings. The Morgan fingerprint density at radius 2 is 1.65 bits per heavy atom. The van der Waals surface area contributed by atoms with Gasteiger partial charge >= 0.3 is 0 Å². The van der Waals surface area contributed by atoms with Crippen LogP contribution in [0.3, 0.4) is 0 Å². The van der Waals surface area contributed by atoms with Crippen LogP contribution in [-0.2, 0) is 4.79 Å². The summed E-state index contributed by atoms with van der Waals surface area (Å²) < 4.78 is 11.1. The molecule has 0 fully saturated rings. The third kappa shape index (κ3) is 5.51. The van der Waals surface area contributed by atoms with Gasteiger partial charge in [0.15, 0.2) is 6.61 Å². The molecule has 0 spiro atoms. The number of hydrogen-bond acceptors (Lipinski definition) is 4. The second-order valence-corrected chi connectivity index (χ2v) is 5.95. The summed E-state index contributed by atoms with van der Waals surface area (Å²) in [6.45, 7) is 2.78. The van der Waals surface area contributed by atoms with E-state index >= 15 is 0 Å². The quantitative estimate of drug-likeness (QED) is 0.700. The van der Waals surface area contributed by atoms with Gasteiger partial charge in [-0.2, -0.15) is 0 Å². The molecule has 26 heavy (non-hydrogen) atoms. The predicted octanol–water partition coefficient (Wildman–Crippen LogP) is 2.40. The Labute approximate surface area is 153 Å². The van der Waals surface area contributed by atoms with Crippen LogP contribution >= 0.6 is 0 Å². The van der Waals surface area contributed by atoms with Gasteiger partial charge in [-0.25, -0.2) is 0 Å². The molecular formula is C20H24N2O4. The molecule has 6 nitrogen and oxygen atoms in total. The van der Waals surface area contributed by atoms with Gasteiger partial charge in [0.05, 0.1) is 12.2 Å². The number of amides is 2. The van der Waals surface area contributed by atoms with Crippen LogP contribution in [0, 0.1) is 6.92 Å². The summed E-state index contributed by atoms with van der Waals surface area (Å²) in [5.74, 6) is 0.431. The number of rotatable bonds is 9. The van der Waals surface area contributed by atoms with Crippen molar-refractivity contribution in [3.63, 3.8) is 0 Å². The molecule has 0 unspecified atom stereocenters. The van der Waals surface area contributed by atoms with E-state index in [4.69, 9.17) is 15.2 Å². The Morgan fingerprint density at radius 1 is 1.00 bits per heavy atom. The van der Waals surface area contributed by atoms with E-state index < -0.39 is 5.91 Å². The molecule has 138 valence electrons. The highest BCUT2D eigenvalue weighted by Crippen LogP contribution is 2.20. The third-order valence-corrected chi connectivity index (χ3v) is 3.82. The Kier molecular flexibility index (Phi) is 7.02. The number of para-hydroxylation sites is 2. The highest BCUT2D eigenvalue weighted by molar-refractivity contribution is 5.96. The molecule has 2 aromatic rings. The van der Waals surface area contributed by atoms with Gasteiger partial charge in [0.25, 0.3) is 11.8 Å². The minimum Gasteiger partial charge on any atom is -0.493 e. The zero-order valence-electron chi connectivity index (χ0n) is 15.1. The highest BCUT2D eigenvalue weighted by Gasteiger charge is 2.16. The lowest BCUT2D eigenvalue weighted by Crippen LogP contribution is -2.29. The second kappa shape index (κ2) is 9.46. The van der Waals surface area contributed by atoms with Gasteiger partial charge in [0.2, 0.25) is 0 Å². The summed E-state index contributed by atoms with van der Waals surface area (Å²) in [5.41, 5.74) is 6.57. The van der Waals surface area contributed by atoms with Crippen molar-refractivity contribution >= 4 is 11.8 Å². The molecule has 0 aliphatic carbocycles. The molecule has 6 heteroatoms. The van der Waals surface area contributed by atoms with Gasteiger partial charge in [-0.15, -0.1) is 0 Å². The Hall–Kier alpha value is -3.02. The SMILES string of the molecule is Cc1ccccc1OCCCN(C)C(=O)c1ccccc1OCC(N)=O. The largest absolute Gasteiger partial charge is 0.493 e. The third-order valence-electron chi connectivity index (χ3n) is 3.82. The highest BCUT2D eigenvalue weighted by atomic mass is 16.5. The summed E-state index contributed by atoms with van der Waals surface area (Å²) in [7, 11) is 1.72. The van der Waals surface area contributed by atoms with E-state index in [-0.39, 0.29) is 12.5 Å². The van der Waals surface area contributed by atoms with Gasteiger partial charge in [-0.1, -0.05) is 30.3 Å². The number of primary amides is 1. The van der Waals surface area contributed by atoms with Gasteiger partial charge in [0, 0.05) is 13.6 Å². The number of benzene rings is 2. The van der Waals surface area contributed by atoms with E-state index in [1.54, 1.807) is 36.2 Å². The molecule has 0 aromatic heterocycles. The van der Waals surface area contributed by atoms with Crippen LogP contribution in [-0.4, -0.2) is 43.5 Å². The van der Waals surface area contributed by atoms with Crippen LogP contribution in [0.1, 0.15) is 22.3 Å². The van der Waals surface area contributed by atoms with E-state index in [1.807, 2.05) is 31.2 Å². The van der Waals surface area contributed by atoms with E-state index in [0.29, 0.717) is 30.9 Å². The lowest BCUT2D eigenvalue weighted by atomic mass is 10.1. The van der Waals surface area contributed by atoms with Crippen LogP contribution in [0.25, 0.3) is 0 Å². The lowest BCUT2D eigenvalue weighted by Gasteiger charge is -2.19. The second-order valence-electron chi connectivity index (χ2n) is 5.95. The van der Waals surface area contributed by atoms with Crippen molar-refractivity contribution < 1.29 is 19.1 Å². The maximum atomic E-state index is 12.6. The van der Waals surface area contributed by atoms with Gasteiger partial charge in [-0.05, 0) is 37.1 Å². The van der Waals surface area contributed by atoms with Crippen molar-refractivity contribution in [1.82, 2.24) is 4.90 Å². The van der Waals surface area contributed by atoms with E-state index in [9.17, 15) is 9.59 Å². The zero-order chi connectivity index (χ0) is 18.9. The number of carbonyl (C=O) groups excluding carboxylic acids is 2. The van der Waals surface area contributed by atoms with Crippen LogP contribution in [0.2, 0.25) is 0 Å². The van der Waals surface area contributed by atoms with E-state index in [2.05, 4.69) is 0 Å². The fourth-order valence-corrected chi connectivity index (χ4v) is 2.43. The van der Waals surface area contributed by atoms with Crippen molar-refractivity contribution in [3.05, 3.63) is 59.7 Å². The molecule has 0 aliphatic heterocycles. The number of ether oxygens (including phenoxy) is 2. The summed E-state index contributed by atoms with van der Waals surface area (Å²) in [6.07, 6.45) is 0.695. The molecule has 0 atom stereocenters. The molecule has 2 aromatic carbocycles. The maximum Gasteiger partial charge on any atom is 0.257 e. The van der Waals surface area contributed by atoms with Gasteiger partial charge < -0.3 is 20.1 Å². The van der Waals surface area contributed by atoms with Crippen LogP contribution in [0.15, 0.2) is 48.5 Å². The minimum absolute atomic E-state index is 0.180. The van der Waals surface area contributed by atoms with Crippen LogP contribution < -0.4 is 15.2 Å². The monoisotopic (exact) mass is 356 g/mol. The molecule has 2 amide bonds. The number of nitrogens with zero attached hydrogens (tertiary/aromatic N) is 1. The van der Waals surface area contributed by atoms with Gasteiger partial charge in [0.1, 0.15) is 11.5 Å².